The van der Waals surface area contributed by atoms with E-state index in [9.17, 15) is 9.59 Å². The highest BCUT2D eigenvalue weighted by molar-refractivity contribution is 6.39. The fourth-order valence-electron chi connectivity index (χ4n) is 5.63. The number of rotatable bonds is 0. The Hall–Kier alpha value is -3.86. The lowest BCUT2D eigenvalue weighted by molar-refractivity contribution is 0.0694. The van der Waals surface area contributed by atoms with Crippen LogP contribution in [0.25, 0.3) is 43.6 Å². The molecule has 0 aliphatic carbocycles. The van der Waals surface area contributed by atoms with Crippen molar-refractivity contribution < 1.29 is 9.59 Å². The normalized spacial score (nSPS) is 17.1. The molecule has 2 aliphatic heterocycles. The number of aromatic nitrogens is 2. The molecule has 2 aliphatic rings. The highest BCUT2D eigenvalue weighted by Gasteiger charge is 2.40. The molecule has 0 unspecified atom stereocenters. The van der Waals surface area contributed by atoms with Gasteiger partial charge in [-0.2, -0.15) is 0 Å². The van der Waals surface area contributed by atoms with Gasteiger partial charge < -0.3 is 9.13 Å². The zero-order chi connectivity index (χ0) is 20.9. The summed E-state index contributed by atoms with van der Waals surface area (Å²) in [5.41, 5.74) is 5.41. The second-order valence-electron chi connectivity index (χ2n) is 8.42. The van der Waals surface area contributed by atoms with Crippen LogP contribution in [0, 0.1) is 0 Å². The third-order valence-corrected chi connectivity index (χ3v) is 6.93. The van der Waals surface area contributed by atoms with E-state index in [1.165, 1.54) is 4.90 Å². The molecule has 0 radical (unpaired) electrons. The summed E-state index contributed by atoms with van der Waals surface area (Å²) in [6, 6.07) is 16.5. The minimum atomic E-state index is -0.211. The van der Waals surface area contributed by atoms with Gasteiger partial charge in [-0.15, -0.1) is 0 Å². The first-order valence-corrected chi connectivity index (χ1v) is 10.6. The van der Waals surface area contributed by atoms with E-state index in [-0.39, 0.29) is 11.8 Å². The number of carbonyl (C=O) groups is 2. The van der Waals surface area contributed by atoms with E-state index in [0.717, 1.165) is 63.1 Å². The minimum Gasteiger partial charge on any atom is -0.338 e. The van der Waals surface area contributed by atoms with Crippen LogP contribution in [-0.2, 0) is 13.1 Å². The van der Waals surface area contributed by atoms with Gasteiger partial charge in [0.2, 0.25) is 0 Å². The van der Waals surface area contributed by atoms with Crippen LogP contribution in [0.1, 0.15) is 27.1 Å². The van der Waals surface area contributed by atoms with Crippen molar-refractivity contribution in [1.29, 1.82) is 0 Å². The van der Waals surface area contributed by atoms with Gasteiger partial charge in [0.05, 0.1) is 22.2 Å². The van der Waals surface area contributed by atoms with Crippen LogP contribution in [0.4, 0.5) is 0 Å². The number of hydrogen-bond acceptors (Lipinski definition) is 2. The minimum absolute atomic E-state index is 0.209. The van der Waals surface area contributed by atoms with Crippen molar-refractivity contribution in [2.24, 2.45) is 0 Å². The molecule has 0 bridgehead atoms. The van der Waals surface area contributed by atoms with Gasteiger partial charge >= 0.3 is 0 Å². The van der Waals surface area contributed by atoms with Crippen molar-refractivity contribution >= 4 is 55.4 Å². The number of carbonyl (C=O) groups excluding carboxylic acids is 2. The molecule has 0 spiro atoms. The summed E-state index contributed by atoms with van der Waals surface area (Å²) >= 11 is 0. The Labute approximate surface area is 177 Å². The Morgan fingerprint density at radius 3 is 1.90 bits per heavy atom. The first kappa shape index (κ1) is 16.9. The summed E-state index contributed by atoms with van der Waals surface area (Å²) < 4.78 is 4.65. The first-order valence-electron chi connectivity index (χ1n) is 10.6. The van der Waals surface area contributed by atoms with Crippen LogP contribution < -0.4 is 0 Å². The van der Waals surface area contributed by atoms with Crippen molar-refractivity contribution in [2.75, 3.05) is 7.05 Å². The van der Waals surface area contributed by atoms with E-state index in [1.807, 2.05) is 24.3 Å². The Morgan fingerprint density at radius 1 is 0.710 bits per heavy atom. The van der Waals surface area contributed by atoms with Crippen LogP contribution in [0.5, 0.6) is 0 Å². The highest BCUT2D eigenvalue weighted by atomic mass is 16.2. The zero-order valence-electron chi connectivity index (χ0n) is 17.1. The topological polar surface area (TPSA) is 47.2 Å². The van der Waals surface area contributed by atoms with Crippen molar-refractivity contribution in [3.8, 4) is 0 Å². The largest absolute Gasteiger partial charge is 0.338 e. The smallest absolute Gasteiger partial charge is 0.262 e. The lowest BCUT2D eigenvalue weighted by atomic mass is 9.96. The molecule has 4 heterocycles. The average Bonchev–Trinajstić information content (AvgIpc) is 3.38. The zero-order valence-corrected chi connectivity index (χ0v) is 17.1. The quantitative estimate of drug-likeness (QED) is 0.266. The second kappa shape index (κ2) is 5.64. The van der Waals surface area contributed by atoms with Crippen molar-refractivity contribution in [3.05, 3.63) is 71.8 Å². The van der Waals surface area contributed by atoms with Crippen LogP contribution in [0.15, 0.2) is 60.7 Å². The van der Waals surface area contributed by atoms with E-state index < -0.39 is 0 Å². The molecule has 3 aromatic carbocycles. The van der Waals surface area contributed by atoms with Gasteiger partial charge in [-0.05, 0) is 18.6 Å². The molecule has 5 nitrogen and oxygen atoms in total. The molecule has 0 atom stereocenters. The van der Waals surface area contributed by atoms with Gasteiger partial charge in [0.1, 0.15) is 0 Å². The third-order valence-electron chi connectivity index (χ3n) is 6.93. The molecule has 0 N–H and O–H groups in total. The predicted octanol–water partition coefficient (Wildman–Crippen LogP) is 5.09. The molecule has 150 valence electrons. The molecule has 0 saturated carbocycles. The van der Waals surface area contributed by atoms with Gasteiger partial charge in [0.25, 0.3) is 11.8 Å². The molecular formula is C26H19N3O2. The molecule has 2 amide bonds. The van der Waals surface area contributed by atoms with Gasteiger partial charge in [0, 0.05) is 52.7 Å². The molecule has 5 heteroatoms. The number of aryl methyl sites for hydroxylation is 1. The summed E-state index contributed by atoms with van der Waals surface area (Å²) in [6.45, 7) is 1.56. The summed E-state index contributed by atoms with van der Waals surface area (Å²) in [7, 11) is 1.59. The first-order chi connectivity index (χ1) is 15.2. The Kier molecular flexibility index (Phi) is 3.07. The standard InChI is InChI=1S/C26H19N3O2/c1-27-25(30)21-19-15-9-3-5-11-17(15)28-13-7-2-8-14-29-18-12-6-4-10-16(18)20(22(21)26(27)31)24(29)23(19)28/h2-7,9-12H,8,13-14H2,1H3/b7-2-. The van der Waals surface area contributed by atoms with Crippen LogP contribution in [0.2, 0.25) is 0 Å². The molecule has 2 aromatic heterocycles. The molecule has 0 saturated heterocycles. The third kappa shape index (κ3) is 1.87. The Morgan fingerprint density at radius 2 is 1.26 bits per heavy atom. The van der Waals surface area contributed by atoms with Crippen molar-refractivity contribution in [3.63, 3.8) is 0 Å². The average molecular weight is 405 g/mol. The molecule has 5 aromatic rings. The number of para-hydroxylation sites is 2. The number of benzene rings is 3. The number of imide groups is 1. The Bertz CT molecular complexity index is 1670. The summed E-state index contributed by atoms with van der Waals surface area (Å²) in [6.07, 6.45) is 5.35. The molecule has 31 heavy (non-hydrogen) atoms. The number of allylic oxidation sites excluding steroid dienone is 2. The highest BCUT2D eigenvalue weighted by Crippen LogP contribution is 2.46. The fraction of sp³-hybridized carbons (Fsp3) is 0.154. The molecule has 7 rings (SSSR count). The SMILES string of the molecule is CN1C(=O)c2c(c3c4ccccc4n4c3c3c2c2ccccc2n3C/C=C\CC4)C1=O. The number of amides is 2. The van der Waals surface area contributed by atoms with Crippen LogP contribution in [0.3, 0.4) is 0 Å². The van der Waals surface area contributed by atoms with Gasteiger partial charge in [-0.25, -0.2) is 0 Å². The van der Waals surface area contributed by atoms with Crippen LogP contribution >= 0.6 is 0 Å². The van der Waals surface area contributed by atoms with Gasteiger partial charge in [-0.1, -0.05) is 48.6 Å². The van der Waals surface area contributed by atoms with E-state index in [2.05, 4.69) is 45.6 Å². The number of hydrogen-bond donors (Lipinski definition) is 0. The van der Waals surface area contributed by atoms with Gasteiger partial charge in [0.15, 0.2) is 0 Å². The van der Waals surface area contributed by atoms with Crippen molar-refractivity contribution in [2.45, 2.75) is 19.5 Å². The number of fused-ring (bicyclic) bond motifs is 9. The predicted molar refractivity (Wildman–Crippen MR) is 123 cm³/mol. The maximum atomic E-state index is 13.4. The van der Waals surface area contributed by atoms with E-state index >= 15 is 0 Å². The van der Waals surface area contributed by atoms with E-state index in [1.54, 1.807) is 7.05 Å². The van der Waals surface area contributed by atoms with Gasteiger partial charge in [-0.3, -0.25) is 14.5 Å². The monoisotopic (exact) mass is 405 g/mol. The summed E-state index contributed by atoms with van der Waals surface area (Å²) in [4.78, 5) is 28.0. The van der Waals surface area contributed by atoms with E-state index in [0.29, 0.717) is 11.1 Å². The van der Waals surface area contributed by atoms with E-state index in [4.69, 9.17) is 0 Å². The molecular weight excluding hydrogens is 386 g/mol. The maximum Gasteiger partial charge on any atom is 0.262 e. The van der Waals surface area contributed by atoms with Crippen LogP contribution in [-0.4, -0.2) is 32.9 Å². The van der Waals surface area contributed by atoms with Crippen molar-refractivity contribution in [1.82, 2.24) is 14.0 Å². The fourth-order valence-corrected chi connectivity index (χ4v) is 5.63. The summed E-state index contributed by atoms with van der Waals surface area (Å²) in [5.74, 6) is -0.420. The molecule has 0 fully saturated rings. The lowest BCUT2D eigenvalue weighted by Crippen LogP contribution is -2.24. The summed E-state index contributed by atoms with van der Waals surface area (Å²) in [5, 5.41) is 3.87. The second-order valence-corrected chi connectivity index (χ2v) is 8.42. The maximum absolute atomic E-state index is 13.4. The number of nitrogens with zero attached hydrogens (tertiary/aromatic N) is 3. The Balaban J connectivity index is 1.91. The lowest BCUT2D eigenvalue weighted by Gasteiger charge is -2.10.